The molecule has 0 aromatic heterocycles. The molecule has 4 aromatic carbocycles. The number of amidine groups is 1. The zero-order valence-corrected chi connectivity index (χ0v) is 33.6. The molecule has 1 fully saturated rings. The van der Waals surface area contributed by atoms with Crippen LogP contribution in [0.25, 0.3) is 0 Å². The Morgan fingerprint density at radius 2 is 1.23 bits per heavy atom. The van der Waals surface area contributed by atoms with Crippen molar-refractivity contribution >= 4 is 60.4 Å². The molecule has 0 amide bonds. The number of aliphatic imine (C=N–C) groups is 1. The summed E-state index contributed by atoms with van der Waals surface area (Å²) in [4.78, 5) is 5.33. The molecule has 47 heavy (non-hydrogen) atoms. The molecule has 0 radical (unpaired) electrons. The number of halogens is 3. The number of para-hydroxylation sites is 1. The van der Waals surface area contributed by atoms with Crippen LogP contribution >= 0.6 is 38.2 Å². The fourth-order valence-corrected chi connectivity index (χ4v) is 8.02. The quantitative estimate of drug-likeness (QED) is 0.0954. The third kappa shape index (κ3) is 13.2. The summed E-state index contributed by atoms with van der Waals surface area (Å²) in [5.41, 5.74) is 11.1. The molecule has 4 aromatic rings. The molecule has 0 bridgehead atoms. The summed E-state index contributed by atoms with van der Waals surface area (Å²) in [6.45, 7) is 22.6. The first-order valence-electron chi connectivity index (χ1n) is 15.9. The molecule has 1 N–H and O–H groups in total. The van der Waals surface area contributed by atoms with Gasteiger partial charge in [0, 0.05) is 12.2 Å². The molecular formula is C39H49Cl3CrN2OP+. The molecular weight excluding hydrogens is 702 g/mol. The van der Waals surface area contributed by atoms with E-state index in [1.54, 1.807) is 0 Å². The van der Waals surface area contributed by atoms with Gasteiger partial charge in [-0.15, -0.1) is 0 Å². The Labute approximate surface area is 301 Å². The molecule has 252 valence electrons. The average Bonchev–Trinajstić information content (AvgIpc) is 3.56. The Morgan fingerprint density at radius 3 is 1.60 bits per heavy atom. The number of nitrogens with one attached hydrogen (secondary N) is 1. The number of hydrogen-bond acceptors (Lipinski definition) is 2. The van der Waals surface area contributed by atoms with Gasteiger partial charge in [-0.3, -0.25) is 0 Å². The maximum absolute atomic E-state index is 5.33. The van der Waals surface area contributed by atoms with E-state index in [0.717, 1.165) is 30.1 Å². The van der Waals surface area contributed by atoms with Gasteiger partial charge in [-0.05, 0) is 110 Å². The SMILES string of the molecule is Cc1cc(C)cc([PH+](NC(=Nc2c(C)cccc2C)c2ccc(C(C)(C)C)cc2)c2cc(C)cc(C)c2)c1.[CH-]1CCCO1.[Cl][Cr+]([Cl])[Cl]. The minimum atomic E-state index is -1.62. The van der Waals surface area contributed by atoms with Gasteiger partial charge in [-0.1, -0.05) is 81.8 Å². The van der Waals surface area contributed by atoms with E-state index in [1.807, 2.05) is 6.61 Å². The van der Waals surface area contributed by atoms with Crippen LogP contribution < -0.4 is 15.7 Å². The Hall–Kier alpha value is -1.86. The number of aryl methyl sites for hydroxylation is 6. The van der Waals surface area contributed by atoms with Crippen molar-refractivity contribution in [3.63, 3.8) is 0 Å². The topological polar surface area (TPSA) is 33.6 Å². The predicted octanol–water partition coefficient (Wildman–Crippen LogP) is 11.3. The summed E-state index contributed by atoms with van der Waals surface area (Å²) in [6, 6.07) is 29.2. The second kappa shape index (κ2) is 18.8. The molecule has 1 heterocycles. The maximum atomic E-state index is 5.33. The van der Waals surface area contributed by atoms with Crippen LogP contribution in [0.1, 0.15) is 78.1 Å². The molecule has 5 rings (SSSR count). The molecule has 1 saturated heterocycles. The Bertz CT molecular complexity index is 1510. The van der Waals surface area contributed by atoms with Crippen LogP contribution in [0, 0.1) is 48.1 Å². The molecule has 8 heteroatoms. The summed E-state index contributed by atoms with van der Waals surface area (Å²) in [5.74, 6) is 0.926. The van der Waals surface area contributed by atoms with Gasteiger partial charge >= 0.3 is 41.5 Å². The number of hydrogen-bond donors (Lipinski definition) is 1. The standard InChI is InChI=1S/C35H41N2P.C4H7O.3ClH.Cr/c1-23-17-24(2)20-31(19-23)38(32-21-25(3)18-26(4)22-32)37-34(36-33-27(5)11-10-12-28(33)6)29-13-15-30(16-14-29)35(7,8)9;1-2-4-5-3-1;;;;/h10-22H,1-9H3,(H,36,37);3H,1-2,4H2;3*1H;/q;-1;;;;+4/p-2. The van der Waals surface area contributed by atoms with Crippen molar-refractivity contribution < 1.29 is 16.1 Å². The van der Waals surface area contributed by atoms with Gasteiger partial charge in [0.1, 0.15) is 10.6 Å². The minimum absolute atomic E-state index is 0.100. The summed E-state index contributed by atoms with van der Waals surface area (Å²) in [5, 5.41) is 6.72. The Balaban J connectivity index is 0.000000581. The molecule has 0 saturated carbocycles. The van der Waals surface area contributed by atoms with E-state index in [4.69, 9.17) is 39.9 Å². The Kier molecular flexibility index (Phi) is 15.8. The van der Waals surface area contributed by atoms with Crippen molar-refractivity contribution in [2.75, 3.05) is 6.61 Å². The fraction of sp³-hybridized carbons (Fsp3) is 0.333. The number of ether oxygens (including phenoxy) is 1. The van der Waals surface area contributed by atoms with Gasteiger partial charge in [0.2, 0.25) is 0 Å². The third-order valence-electron chi connectivity index (χ3n) is 7.65. The molecule has 1 aliphatic heterocycles. The zero-order chi connectivity index (χ0) is 34.7. The predicted molar refractivity (Wildman–Crippen MR) is 207 cm³/mol. The summed E-state index contributed by atoms with van der Waals surface area (Å²) >= 11 is -1.62. The molecule has 0 unspecified atom stereocenters. The van der Waals surface area contributed by atoms with Crippen LogP contribution in [-0.4, -0.2) is 12.4 Å². The van der Waals surface area contributed by atoms with E-state index in [9.17, 15) is 0 Å². The van der Waals surface area contributed by atoms with Gasteiger partial charge in [-0.25, -0.2) is 16.7 Å². The molecule has 3 nitrogen and oxygen atoms in total. The van der Waals surface area contributed by atoms with Gasteiger partial charge in [0.25, 0.3) is 0 Å². The number of nitrogens with zero attached hydrogens (tertiary/aromatic N) is 1. The van der Waals surface area contributed by atoms with Crippen molar-refractivity contribution in [3.8, 4) is 0 Å². The molecule has 0 spiro atoms. The van der Waals surface area contributed by atoms with Crippen LogP contribution in [0.15, 0.2) is 83.9 Å². The molecule has 0 aliphatic carbocycles. The van der Waals surface area contributed by atoms with Crippen molar-refractivity contribution in [1.29, 1.82) is 0 Å². The van der Waals surface area contributed by atoms with Crippen LogP contribution in [0.4, 0.5) is 5.69 Å². The van der Waals surface area contributed by atoms with Crippen molar-refractivity contribution in [3.05, 3.63) is 130 Å². The van der Waals surface area contributed by atoms with Crippen molar-refractivity contribution in [1.82, 2.24) is 5.09 Å². The molecule has 1 aliphatic rings. The first kappa shape index (κ1) is 39.6. The third-order valence-corrected chi connectivity index (χ3v) is 9.87. The van der Waals surface area contributed by atoms with Crippen LogP contribution in [-0.2, 0) is 21.5 Å². The number of rotatable bonds is 5. The first-order chi connectivity index (χ1) is 22.1. The zero-order valence-electron chi connectivity index (χ0n) is 29.1. The average molecular weight is 751 g/mol. The normalized spacial score (nSPS) is 13.2. The van der Waals surface area contributed by atoms with E-state index in [2.05, 4.69) is 146 Å². The monoisotopic (exact) mass is 749 g/mol. The van der Waals surface area contributed by atoms with Gasteiger partial charge in [0.05, 0.1) is 5.69 Å². The van der Waals surface area contributed by atoms with E-state index < -0.39 is 19.5 Å². The summed E-state index contributed by atoms with van der Waals surface area (Å²) < 4.78 is 4.82. The van der Waals surface area contributed by atoms with E-state index >= 15 is 0 Å². The van der Waals surface area contributed by atoms with Gasteiger partial charge in [-0.2, -0.15) is 6.42 Å². The van der Waals surface area contributed by atoms with Crippen molar-refractivity contribution in [2.24, 2.45) is 4.99 Å². The second-order valence-electron chi connectivity index (χ2n) is 13.1. The summed E-state index contributed by atoms with van der Waals surface area (Å²) in [6.07, 6.45) is 2.38. The van der Waals surface area contributed by atoms with Crippen molar-refractivity contribution in [2.45, 2.75) is 80.6 Å². The first-order valence-corrected chi connectivity index (χ1v) is 22.6. The second-order valence-corrected chi connectivity index (χ2v) is 21.6. The van der Waals surface area contributed by atoms with Crippen LogP contribution in [0.5, 0.6) is 0 Å². The van der Waals surface area contributed by atoms with Gasteiger partial charge in [0.15, 0.2) is 13.9 Å². The van der Waals surface area contributed by atoms with E-state index in [1.165, 1.54) is 56.0 Å². The summed E-state index contributed by atoms with van der Waals surface area (Å²) in [7, 11) is 13.4. The van der Waals surface area contributed by atoms with E-state index in [0.29, 0.717) is 0 Å². The van der Waals surface area contributed by atoms with E-state index in [-0.39, 0.29) is 5.41 Å². The van der Waals surface area contributed by atoms with Gasteiger partial charge < -0.3 is 4.74 Å². The fourth-order valence-electron chi connectivity index (χ4n) is 5.47. The molecule has 0 atom stereocenters. The van der Waals surface area contributed by atoms with Crippen LogP contribution in [0.3, 0.4) is 0 Å². The van der Waals surface area contributed by atoms with Crippen LogP contribution in [0.2, 0.25) is 0 Å². The number of benzene rings is 4. The Morgan fingerprint density at radius 1 is 0.766 bits per heavy atom.